The second-order valence-corrected chi connectivity index (χ2v) is 10.8. The van der Waals surface area contributed by atoms with Crippen molar-refractivity contribution in [3.63, 3.8) is 0 Å². The van der Waals surface area contributed by atoms with Gasteiger partial charge in [-0.1, -0.05) is 53.7 Å². The number of anilines is 1. The van der Waals surface area contributed by atoms with Crippen LogP contribution in [0.2, 0.25) is 0 Å². The van der Waals surface area contributed by atoms with E-state index in [4.69, 9.17) is 18.9 Å². The van der Waals surface area contributed by atoms with Gasteiger partial charge in [0.1, 0.15) is 28.5 Å². The molecule has 0 aliphatic carbocycles. The number of rotatable bonds is 8. The number of aromatic nitrogens is 3. The number of benzene rings is 2. The molecular weight excluding hydrogens is 536 g/mol. The summed E-state index contributed by atoms with van der Waals surface area (Å²) in [5, 5.41) is 11.2. The SMILES string of the molecule is CC.CC.COc1ccc(OC)c(-n2nnc(C(=O)Nc3cc(OCC(=O)OC(C)(C)C)cc(C(C)(C)C)c3)c2C)c1. The Morgan fingerprint density at radius 2 is 1.52 bits per heavy atom. The van der Waals surface area contributed by atoms with Crippen molar-refractivity contribution in [1.82, 2.24) is 15.0 Å². The fourth-order valence-corrected chi connectivity index (χ4v) is 3.62. The van der Waals surface area contributed by atoms with Gasteiger partial charge in [-0.3, -0.25) is 4.79 Å². The van der Waals surface area contributed by atoms with Crippen molar-refractivity contribution in [3.8, 4) is 22.9 Å². The average molecular weight is 585 g/mol. The first-order valence-corrected chi connectivity index (χ1v) is 14.2. The molecule has 1 N–H and O–H groups in total. The average Bonchev–Trinajstić information content (AvgIpc) is 3.33. The number of hydrogen-bond donors (Lipinski definition) is 1. The molecule has 1 aromatic heterocycles. The predicted octanol–water partition coefficient (Wildman–Crippen LogP) is 6.92. The lowest BCUT2D eigenvalue weighted by Gasteiger charge is -2.22. The highest BCUT2D eigenvalue weighted by Gasteiger charge is 2.22. The predicted molar refractivity (Wildman–Crippen MR) is 166 cm³/mol. The molecular formula is C32H48N4O6. The first-order chi connectivity index (χ1) is 19.7. The van der Waals surface area contributed by atoms with Gasteiger partial charge in [-0.05, 0) is 62.9 Å². The van der Waals surface area contributed by atoms with Crippen molar-refractivity contribution >= 4 is 17.6 Å². The van der Waals surface area contributed by atoms with Crippen LogP contribution in [0.4, 0.5) is 5.69 Å². The molecule has 1 amide bonds. The summed E-state index contributed by atoms with van der Waals surface area (Å²) in [7, 11) is 3.12. The van der Waals surface area contributed by atoms with E-state index >= 15 is 0 Å². The molecule has 232 valence electrons. The maximum atomic E-state index is 13.3. The molecule has 0 saturated heterocycles. The number of hydrogen-bond acceptors (Lipinski definition) is 8. The van der Waals surface area contributed by atoms with Crippen molar-refractivity contribution in [2.24, 2.45) is 0 Å². The summed E-state index contributed by atoms with van der Waals surface area (Å²) in [6, 6.07) is 10.6. The van der Waals surface area contributed by atoms with E-state index in [-0.39, 0.29) is 17.7 Å². The van der Waals surface area contributed by atoms with E-state index in [0.717, 1.165) is 5.56 Å². The summed E-state index contributed by atoms with van der Waals surface area (Å²) in [6.45, 7) is 21.0. The second-order valence-electron chi connectivity index (χ2n) is 10.8. The van der Waals surface area contributed by atoms with E-state index in [0.29, 0.717) is 34.3 Å². The van der Waals surface area contributed by atoms with Crippen molar-refractivity contribution in [2.45, 2.75) is 87.2 Å². The summed E-state index contributed by atoms with van der Waals surface area (Å²) in [6.07, 6.45) is 0. The Morgan fingerprint density at radius 3 is 2.07 bits per heavy atom. The van der Waals surface area contributed by atoms with Crippen LogP contribution in [0.25, 0.3) is 5.69 Å². The lowest BCUT2D eigenvalue weighted by Crippen LogP contribution is -2.27. The van der Waals surface area contributed by atoms with E-state index in [2.05, 4.69) is 15.6 Å². The van der Waals surface area contributed by atoms with Crippen LogP contribution < -0.4 is 19.5 Å². The highest BCUT2D eigenvalue weighted by Crippen LogP contribution is 2.31. The van der Waals surface area contributed by atoms with Crippen LogP contribution in [0.1, 0.15) is 91.0 Å². The first-order valence-electron chi connectivity index (χ1n) is 14.2. The summed E-state index contributed by atoms with van der Waals surface area (Å²) in [5.74, 6) is 0.666. The minimum absolute atomic E-state index is 0.146. The molecule has 0 spiro atoms. The smallest absolute Gasteiger partial charge is 0.344 e. The summed E-state index contributed by atoms with van der Waals surface area (Å²) < 4.78 is 23.3. The highest BCUT2D eigenvalue weighted by atomic mass is 16.6. The number of nitrogens with zero attached hydrogens (tertiary/aromatic N) is 3. The van der Waals surface area contributed by atoms with E-state index in [1.807, 2.05) is 60.6 Å². The fraction of sp³-hybridized carbons (Fsp3) is 0.500. The third-order valence-corrected chi connectivity index (χ3v) is 5.53. The molecule has 0 aliphatic rings. The van der Waals surface area contributed by atoms with Gasteiger partial charge in [0.2, 0.25) is 0 Å². The van der Waals surface area contributed by atoms with Crippen molar-refractivity contribution in [2.75, 3.05) is 26.1 Å². The van der Waals surface area contributed by atoms with Crippen LogP contribution in [0.5, 0.6) is 17.2 Å². The maximum absolute atomic E-state index is 13.3. The minimum Gasteiger partial charge on any atom is -0.497 e. The lowest BCUT2D eigenvalue weighted by atomic mass is 9.86. The summed E-state index contributed by atoms with van der Waals surface area (Å²) in [5.41, 5.74) is 1.80. The third kappa shape index (κ3) is 10.1. The van der Waals surface area contributed by atoms with Gasteiger partial charge in [0.25, 0.3) is 5.91 Å². The van der Waals surface area contributed by atoms with Gasteiger partial charge in [0, 0.05) is 17.8 Å². The Hall–Kier alpha value is -4.08. The normalized spacial score (nSPS) is 10.8. The number of carbonyl (C=O) groups excluding carboxylic acids is 2. The third-order valence-electron chi connectivity index (χ3n) is 5.53. The highest BCUT2D eigenvalue weighted by molar-refractivity contribution is 6.03. The van der Waals surface area contributed by atoms with Gasteiger partial charge >= 0.3 is 5.97 Å². The van der Waals surface area contributed by atoms with E-state index in [1.165, 1.54) is 4.68 Å². The van der Waals surface area contributed by atoms with Crippen LogP contribution in [-0.2, 0) is 14.9 Å². The van der Waals surface area contributed by atoms with Crippen LogP contribution in [0.15, 0.2) is 36.4 Å². The Bertz CT molecular complexity index is 1320. The first kappa shape index (κ1) is 35.9. The van der Waals surface area contributed by atoms with Crippen molar-refractivity contribution in [1.29, 1.82) is 0 Å². The molecule has 0 radical (unpaired) electrons. The van der Waals surface area contributed by atoms with Gasteiger partial charge in [-0.25, -0.2) is 9.48 Å². The van der Waals surface area contributed by atoms with Crippen molar-refractivity contribution < 1.29 is 28.5 Å². The molecule has 0 fully saturated rings. The van der Waals surface area contributed by atoms with Gasteiger partial charge in [0.05, 0.1) is 19.9 Å². The van der Waals surface area contributed by atoms with Gasteiger partial charge in [-0.2, -0.15) is 0 Å². The number of esters is 1. The molecule has 0 unspecified atom stereocenters. The molecule has 0 aliphatic heterocycles. The van der Waals surface area contributed by atoms with Crippen LogP contribution >= 0.6 is 0 Å². The summed E-state index contributed by atoms with van der Waals surface area (Å²) in [4.78, 5) is 25.4. The second kappa shape index (κ2) is 15.8. The van der Waals surface area contributed by atoms with Crippen molar-refractivity contribution in [3.05, 3.63) is 53.3 Å². The van der Waals surface area contributed by atoms with Gasteiger partial charge in [0.15, 0.2) is 12.3 Å². The molecule has 3 aromatic rings. The molecule has 2 aromatic carbocycles. The summed E-state index contributed by atoms with van der Waals surface area (Å²) >= 11 is 0. The molecule has 1 heterocycles. The van der Waals surface area contributed by atoms with Crippen LogP contribution in [-0.4, -0.2) is 53.3 Å². The van der Waals surface area contributed by atoms with E-state index in [1.54, 1.807) is 66.2 Å². The Balaban J connectivity index is 0.00000211. The Labute approximate surface area is 250 Å². The molecule has 0 atom stereocenters. The van der Waals surface area contributed by atoms with Gasteiger partial charge in [-0.15, -0.1) is 5.10 Å². The number of methoxy groups -OCH3 is 2. The van der Waals surface area contributed by atoms with Gasteiger partial charge < -0.3 is 24.3 Å². The maximum Gasteiger partial charge on any atom is 0.344 e. The molecule has 10 nitrogen and oxygen atoms in total. The molecule has 0 saturated carbocycles. The standard InChI is InChI=1S/C28H36N4O6.2C2H6/c1-17-25(30-31-32(17)22-15-20(35-8)10-11-23(22)36-9)26(34)29-19-12-18(27(2,3)4)13-21(14-19)37-16-24(33)38-28(5,6)7;2*1-2/h10-15H,16H2,1-9H3,(H,29,34);2*1-2H3. The Morgan fingerprint density at radius 1 is 0.881 bits per heavy atom. The van der Waals surface area contributed by atoms with Crippen LogP contribution in [0, 0.1) is 6.92 Å². The zero-order valence-electron chi connectivity index (χ0n) is 27.5. The van der Waals surface area contributed by atoms with E-state index < -0.39 is 17.5 Å². The number of amides is 1. The van der Waals surface area contributed by atoms with Crippen LogP contribution in [0.3, 0.4) is 0 Å². The fourth-order valence-electron chi connectivity index (χ4n) is 3.62. The Kier molecular flexibility index (Phi) is 13.5. The number of ether oxygens (including phenoxy) is 4. The zero-order valence-corrected chi connectivity index (χ0v) is 27.5. The zero-order chi connectivity index (χ0) is 32.3. The largest absolute Gasteiger partial charge is 0.497 e. The molecule has 42 heavy (non-hydrogen) atoms. The topological polar surface area (TPSA) is 114 Å². The quantitative estimate of drug-likeness (QED) is 0.284. The molecule has 0 bridgehead atoms. The molecule has 10 heteroatoms. The number of nitrogens with one attached hydrogen (secondary N) is 1. The molecule has 3 rings (SSSR count). The lowest BCUT2D eigenvalue weighted by molar-refractivity contribution is -0.157. The number of carbonyl (C=O) groups is 2. The minimum atomic E-state index is -0.614. The monoisotopic (exact) mass is 584 g/mol. The van der Waals surface area contributed by atoms with E-state index in [9.17, 15) is 9.59 Å².